The summed E-state index contributed by atoms with van der Waals surface area (Å²) in [7, 11) is 0. The number of carbonyl (C=O) groups is 2. The van der Waals surface area contributed by atoms with Crippen molar-refractivity contribution >= 4 is 29.0 Å². The Hall–Kier alpha value is -2.73. The fourth-order valence-corrected chi connectivity index (χ4v) is 5.17. The van der Waals surface area contributed by atoms with E-state index in [1.54, 1.807) is 6.07 Å². The summed E-state index contributed by atoms with van der Waals surface area (Å²) in [4.78, 5) is 23.6. The largest absolute Gasteiger partial charge is 0.507 e. The summed E-state index contributed by atoms with van der Waals surface area (Å²) in [6.45, 7) is 11.1. The molecule has 0 spiro atoms. The van der Waals surface area contributed by atoms with E-state index in [9.17, 15) is 19.8 Å². The van der Waals surface area contributed by atoms with Gasteiger partial charge in [0.25, 0.3) is 11.1 Å². The summed E-state index contributed by atoms with van der Waals surface area (Å²) in [5.74, 6) is -0.674. The number of amides is 2. The monoisotopic (exact) mass is 437 g/mol. The summed E-state index contributed by atoms with van der Waals surface area (Å²) < 4.78 is 0. The predicted molar refractivity (Wildman–Crippen MR) is 124 cm³/mol. The molecule has 1 aliphatic heterocycles. The van der Waals surface area contributed by atoms with Crippen molar-refractivity contribution in [3.05, 3.63) is 51.4 Å². The highest BCUT2D eigenvalue weighted by Crippen LogP contribution is 2.48. The fraction of sp³-hybridized carbons (Fsp3) is 0.360. The third-order valence-corrected chi connectivity index (χ3v) is 7.37. The molecule has 0 saturated carbocycles. The first-order valence-corrected chi connectivity index (χ1v) is 11.2. The van der Waals surface area contributed by atoms with Gasteiger partial charge in [-0.05, 0) is 82.8 Å². The second-order valence-corrected chi connectivity index (χ2v) is 10.8. The molecule has 0 bridgehead atoms. The summed E-state index contributed by atoms with van der Waals surface area (Å²) in [6.07, 6.45) is 3.67. The molecule has 1 heterocycles. The first-order chi connectivity index (χ1) is 14.4. The van der Waals surface area contributed by atoms with Crippen LogP contribution in [-0.2, 0) is 15.6 Å². The molecular weight excluding hydrogens is 410 g/mol. The lowest BCUT2D eigenvalue weighted by atomic mass is 9.62. The van der Waals surface area contributed by atoms with Crippen LogP contribution in [0.4, 0.5) is 4.79 Å². The second-order valence-electron chi connectivity index (χ2n) is 9.76. The van der Waals surface area contributed by atoms with Crippen LogP contribution < -0.4 is 5.32 Å². The average Bonchev–Trinajstić information content (AvgIpc) is 2.98. The lowest BCUT2D eigenvalue weighted by molar-refractivity contribution is -0.115. The highest BCUT2D eigenvalue weighted by molar-refractivity contribution is 8.18. The number of benzene rings is 2. The molecule has 1 fully saturated rings. The Bertz CT molecular complexity index is 1160. The van der Waals surface area contributed by atoms with Crippen molar-refractivity contribution in [3.8, 4) is 22.6 Å². The molecule has 2 aliphatic rings. The zero-order chi connectivity index (χ0) is 22.7. The molecule has 1 saturated heterocycles. The average molecular weight is 438 g/mol. The maximum Gasteiger partial charge on any atom is 0.290 e. The number of nitrogens with one attached hydrogen (secondary N) is 1. The highest BCUT2D eigenvalue weighted by atomic mass is 32.2. The van der Waals surface area contributed by atoms with Crippen LogP contribution in [0.15, 0.2) is 29.2 Å². The van der Waals surface area contributed by atoms with E-state index < -0.39 is 11.1 Å². The molecule has 6 heteroatoms. The number of fused-ring (bicyclic) bond motifs is 1. The Morgan fingerprint density at radius 3 is 2.10 bits per heavy atom. The molecular formula is C25H27NO4S. The van der Waals surface area contributed by atoms with Crippen molar-refractivity contribution < 1.29 is 19.8 Å². The minimum Gasteiger partial charge on any atom is -0.507 e. The summed E-state index contributed by atoms with van der Waals surface area (Å²) >= 11 is 0.792. The Balaban J connectivity index is 1.88. The van der Waals surface area contributed by atoms with Gasteiger partial charge in [0.1, 0.15) is 11.5 Å². The lowest BCUT2D eigenvalue weighted by Crippen LogP contribution is -2.34. The SMILES string of the molecule is Cc1cc2c(cc1-c1cc(C=C3SC(=O)NC3=O)c(O)cc1O)C(C)(C)CCC2(C)C. The van der Waals surface area contributed by atoms with Crippen LogP contribution in [0, 0.1) is 6.92 Å². The van der Waals surface area contributed by atoms with E-state index in [-0.39, 0.29) is 27.2 Å². The van der Waals surface area contributed by atoms with E-state index in [1.807, 2.05) is 6.92 Å². The van der Waals surface area contributed by atoms with Crippen LogP contribution in [0.1, 0.15) is 62.8 Å². The summed E-state index contributed by atoms with van der Waals surface area (Å²) in [5.41, 5.74) is 5.59. The number of carbonyl (C=O) groups excluding carboxylic acids is 2. The number of imide groups is 1. The molecule has 1 aliphatic carbocycles. The van der Waals surface area contributed by atoms with Crippen molar-refractivity contribution in [2.75, 3.05) is 0 Å². The number of phenolic OH excluding ortho intramolecular Hbond substituents is 2. The van der Waals surface area contributed by atoms with E-state index in [2.05, 4.69) is 45.1 Å². The third kappa shape index (κ3) is 3.74. The zero-order valence-electron chi connectivity index (χ0n) is 18.4. The van der Waals surface area contributed by atoms with Crippen molar-refractivity contribution in [2.45, 2.75) is 58.3 Å². The summed E-state index contributed by atoms with van der Waals surface area (Å²) in [5, 5.41) is 22.8. The van der Waals surface area contributed by atoms with Gasteiger partial charge >= 0.3 is 0 Å². The van der Waals surface area contributed by atoms with Gasteiger partial charge in [0, 0.05) is 17.2 Å². The molecule has 5 nitrogen and oxygen atoms in total. The molecule has 2 amide bonds. The smallest absolute Gasteiger partial charge is 0.290 e. The fourth-order valence-electron chi connectivity index (χ4n) is 4.50. The molecule has 0 aromatic heterocycles. The third-order valence-electron chi connectivity index (χ3n) is 6.56. The quantitative estimate of drug-likeness (QED) is 0.521. The standard InChI is InChI=1S/C25H27NO4S/c1-13-8-17-18(25(4,5)7-6-24(17,2)3)11-15(13)16-9-14(19(27)12-20(16)28)10-21-22(29)26-23(30)31-21/h8-12,27-28H,6-7H2,1-5H3,(H,26,29,30). The number of hydrogen-bond donors (Lipinski definition) is 3. The number of thioether (sulfide) groups is 1. The molecule has 0 radical (unpaired) electrons. The normalized spacial score (nSPS) is 20.6. The molecule has 2 aromatic rings. The predicted octanol–water partition coefficient (Wildman–Crippen LogP) is 5.75. The van der Waals surface area contributed by atoms with E-state index in [0.717, 1.165) is 35.7 Å². The Labute approximate surface area is 186 Å². The van der Waals surface area contributed by atoms with Crippen molar-refractivity contribution in [2.24, 2.45) is 0 Å². The molecule has 162 valence electrons. The van der Waals surface area contributed by atoms with Gasteiger partial charge in [-0.25, -0.2) is 0 Å². The Morgan fingerprint density at radius 2 is 1.52 bits per heavy atom. The van der Waals surface area contributed by atoms with Crippen LogP contribution in [0.3, 0.4) is 0 Å². The van der Waals surface area contributed by atoms with E-state index in [4.69, 9.17) is 0 Å². The van der Waals surface area contributed by atoms with Crippen LogP contribution in [-0.4, -0.2) is 21.4 Å². The molecule has 0 unspecified atom stereocenters. The van der Waals surface area contributed by atoms with Crippen LogP contribution in [0.5, 0.6) is 11.5 Å². The van der Waals surface area contributed by atoms with Gasteiger partial charge in [0.15, 0.2) is 0 Å². The molecule has 0 atom stereocenters. The first-order valence-electron chi connectivity index (χ1n) is 10.4. The van der Waals surface area contributed by atoms with Crippen LogP contribution in [0.2, 0.25) is 0 Å². The molecule has 2 aromatic carbocycles. The molecule has 4 rings (SSSR count). The molecule has 31 heavy (non-hydrogen) atoms. The Morgan fingerprint density at radius 1 is 0.903 bits per heavy atom. The lowest BCUT2D eigenvalue weighted by Gasteiger charge is -2.42. The van der Waals surface area contributed by atoms with Gasteiger partial charge in [-0.3, -0.25) is 14.9 Å². The van der Waals surface area contributed by atoms with Crippen LogP contribution in [0.25, 0.3) is 17.2 Å². The minimum absolute atomic E-state index is 0.0174. The number of hydrogen-bond acceptors (Lipinski definition) is 5. The zero-order valence-corrected chi connectivity index (χ0v) is 19.2. The number of aryl methyl sites for hydroxylation is 1. The topological polar surface area (TPSA) is 86.6 Å². The molecule has 3 N–H and O–H groups in total. The number of aromatic hydroxyl groups is 2. The summed E-state index contributed by atoms with van der Waals surface area (Å²) in [6, 6.07) is 7.34. The van der Waals surface area contributed by atoms with E-state index >= 15 is 0 Å². The maximum atomic E-state index is 11.9. The van der Waals surface area contributed by atoms with Crippen LogP contribution >= 0.6 is 11.8 Å². The van der Waals surface area contributed by atoms with Crippen molar-refractivity contribution in [1.82, 2.24) is 5.32 Å². The minimum atomic E-state index is -0.488. The first kappa shape index (κ1) is 21.5. The van der Waals surface area contributed by atoms with Gasteiger partial charge in [-0.15, -0.1) is 0 Å². The second kappa shape index (κ2) is 7.16. The van der Waals surface area contributed by atoms with Gasteiger partial charge in [-0.2, -0.15) is 0 Å². The van der Waals surface area contributed by atoms with E-state index in [0.29, 0.717) is 11.1 Å². The van der Waals surface area contributed by atoms with Gasteiger partial charge < -0.3 is 10.2 Å². The van der Waals surface area contributed by atoms with Gasteiger partial charge in [-0.1, -0.05) is 33.8 Å². The van der Waals surface area contributed by atoms with Gasteiger partial charge in [0.2, 0.25) is 0 Å². The number of phenols is 2. The highest BCUT2D eigenvalue weighted by Gasteiger charge is 2.37. The maximum absolute atomic E-state index is 11.9. The van der Waals surface area contributed by atoms with E-state index in [1.165, 1.54) is 23.3 Å². The van der Waals surface area contributed by atoms with Gasteiger partial charge in [0.05, 0.1) is 4.91 Å². The van der Waals surface area contributed by atoms with Crippen molar-refractivity contribution in [1.29, 1.82) is 0 Å². The van der Waals surface area contributed by atoms with Crippen molar-refractivity contribution in [3.63, 3.8) is 0 Å². The number of rotatable bonds is 2. The Kier molecular flexibility index (Phi) is 4.97.